The lowest BCUT2D eigenvalue weighted by Gasteiger charge is -2.35. The van der Waals surface area contributed by atoms with Crippen molar-refractivity contribution in [2.75, 3.05) is 6.61 Å². The van der Waals surface area contributed by atoms with Crippen LogP contribution in [0.1, 0.15) is 39.1 Å². The quantitative estimate of drug-likeness (QED) is 0.597. The van der Waals surface area contributed by atoms with Gasteiger partial charge >= 0.3 is 5.97 Å². The molecule has 6 heteroatoms. The van der Waals surface area contributed by atoms with Crippen molar-refractivity contribution in [2.45, 2.75) is 58.9 Å². The first-order valence-corrected chi connectivity index (χ1v) is 10.2. The van der Waals surface area contributed by atoms with E-state index in [1.807, 2.05) is 0 Å². The molecular formula is C15H26N2O3Si. The van der Waals surface area contributed by atoms with Crippen LogP contribution in [0.15, 0.2) is 12.4 Å². The van der Waals surface area contributed by atoms with E-state index in [4.69, 9.17) is 9.16 Å². The fourth-order valence-electron chi connectivity index (χ4n) is 1.39. The van der Waals surface area contributed by atoms with Crippen LogP contribution in [-0.2, 0) is 27.0 Å². The average Bonchev–Trinajstić information content (AvgIpc) is 2.37. The number of carbonyl (C=O) groups excluding carboxylic acids is 1. The first kappa shape index (κ1) is 17.8. The second kappa shape index (κ2) is 7.13. The van der Waals surface area contributed by atoms with E-state index >= 15 is 0 Å². The summed E-state index contributed by atoms with van der Waals surface area (Å²) < 4.78 is 11.0. The summed E-state index contributed by atoms with van der Waals surface area (Å²) in [6.07, 6.45) is 3.53. The topological polar surface area (TPSA) is 61.3 Å². The smallest absolute Gasteiger partial charge is 0.310 e. The average molecular weight is 310 g/mol. The molecule has 21 heavy (non-hydrogen) atoms. The Balaban J connectivity index is 2.57. The summed E-state index contributed by atoms with van der Waals surface area (Å²) in [5.41, 5.74) is 0.754. The number of esters is 1. The molecule has 0 aliphatic heterocycles. The Hall–Kier alpha value is -1.27. The largest absolute Gasteiger partial charge is 0.466 e. The fraction of sp³-hybridized carbons (Fsp3) is 0.667. The first-order chi connectivity index (χ1) is 9.65. The maximum absolute atomic E-state index is 11.4. The predicted molar refractivity (Wildman–Crippen MR) is 84.4 cm³/mol. The molecule has 1 aromatic rings. The predicted octanol–water partition coefficient (Wildman–Crippen LogP) is 3.10. The van der Waals surface area contributed by atoms with Gasteiger partial charge in [0.2, 0.25) is 0 Å². The van der Waals surface area contributed by atoms with E-state index in [-0.39, 0.29) is 17.4 Å². The number of hydrogen-bond acceptors (Lipinski definition) is 5. The van der Waals surface area contributed by atoms with E-state index in [1.165, 1.54) is 0 Å². The highest BCUT2D eigenvalue weighted by Crippen LogP contribution is 2.36. The van der Waals surface area contributed by atoms with Gasteiger partial charge in [-0.2, -0.15) is 0 Å². The molecule has 118 valence electrons. The summed E-state index contributed by atoms with van der Waals surface area (Å²) in [4.78, 5) is 19.9. The second-order valence-corrected chi connectivity index (χ2v) is 11.3. The number of aromatic nitrogens is 2. The summed E-state index contributed by atoms with van der Waals surface area (Å²) in [6, 6.07) is 0. The number of ether oxygens (including phenoxy) is 1. The number of carbonyl (C=O) groups is 1. The van der Waals surface area contributed by atoms with Gasteiger partial charge in [-0.05, 0) is 30.6 Å². The highest BCUT2D eigenvalue weighted by atomic mass is 28.4. The maximum atomic E-state index is 11.4. The maximum Gasteiger partial charge on any atom is 0.310 e. The molecule has 0 bridgehead atoms. The third-order valence-corrected chi connectivity index (χ3v) is 8.26. The van der Waals surface area contributed by atoms with Crippen molar-refractivity contribution in [1.29, 1.82) is 0 Å². The SMILES string of the molecule is CCOC(=O)Cc1cnc(CO[Si](C)(C)C(C)(C)C)nc1. The van der Waals surface area contributed by atoms with Crippen molar-refractivity contribution in [3.05, 3.63) is 23.8 Å². The Kier molecular flexibility index (Phi) is 6.04. The molecule has 1 aromatic heterocycles. The monoisotopic (exact) mass is 310 g/mol. The molecule has 0 radical (unpaired) electrons. The second-order valence-electron chi connectivity index (χ2n) is 6.54. The standard InChI is InChI=1S/C15H26N2O3Si/c1-7-19-14(18)8-12-9-16-13(17-10-12)11-20-21(5,6)15(2,3)4/h9-10H,7-8,11H2,1-6H3. The molecule has 0 amide bonds. The highest BCUT2D eigenvalue weighted by Gasteiger charge is 2.37. The normalized spacial score (nSPS) is 12.3. The molecule has 1 rings (SSSR count). The van der Waals surface area contributed by atoms with E-state index in [1.54, 1.807) is 19.3 Å². The Bertz CT molecular complexity index is 467. The van der Waals surface area contributed by atoms with Crippen molar-refractivity contribution in [1.82, 2.24) is 9.97 Å². The van der Waals surface area contributed by atoms with Gasteiger partial charge in [-0.15, -0.1) is 0 Å². The van der Waals surface area contributed by atoms with Gasteiger partial charge in [-0.3, -0.25) is 4.79 Å². The fourth-order valence-corrected chi connectivity index (χ4v) is 2.31. The van der Waals surface area contributed by atoms with E-state index in [0.717, 1.165) is 5.56 Å². The lowest BCUT2D eigenvalue weighted by molar-refractivity contribution is -0.142. The minimum absolute atomic E-state index is 0.164. The van der Waals surface area contributed by atoms with Crippen LogP contribution in [0.2, 0.25) is 18.1 Å². The van der Waals surface area contributed by atoms with Crippen molar-refractivity contribution < 1.29 is 14.0 Å². The van der Waals surface area contributed by atoms with Gasteiger partial charge in [-0.1, -0.05) is 20.8 Å². The van der Waals surface area contributed by atoms with Gasteiger partial charge in [0, 0.05) is 12.4 Å². The summed E-state index contributed by atoms with van der Waals surface area (Å²) in [5.74, 6) is 0.388. The molecule has 0 aliphatic carbocycles. The number of nitrogens with zero attached hydrogens (tertiary/aromatic N) is 2. The molecule has 0 aliphatic rings. The van der Waals surface area contributed by atoms with Crippen LogP contribution in [-0.4, -0.2) is 30.9 Å². The molecule has 5 nitrogen and oxygen atoms in total. The van der Waals surface area contributed by atoms with Crippen molar-refractivity contribution in [3.63, 3.8) is 0 Å². The van der Waals surface area contributed by atoms with Crippen LogP contribution in [0, 0.1) is 0 Å². The minimum atomic E-state index is -1.79. The third kappa shape index (κ3) is 5.55. The van der Waals surface area contributed by atoms with Crippen LogP contribution in [0.3, 0.4) is 0 Å². The molecule has 0 atom stereocenters. The van der Waals surface area contributed by atoms with Crippen LogP contribution in [0.25, 0.3) is 0 Å². The highest BCUT2D eigenvalue weighted by molar-refractivity contribution is 6.74. The van der Waals surface area contributed by atoms with E-state index in [9.17, 15) is 4.79 Å². The zero-order chi connectivity index (χ0) is 16.1. The summed E-state index contributed by atoms with van der Waals surface area (Å²) in [7, 11) is -1.79. The Labute approximate surface area is 128 Å². The van der Waals surface area contributed by atoms with Gasteiger partial charge < -0.3 is 9.16 Å². The molecule has 0 saturated carbocycles. The Morgan fingerprint density at radius 2 is 1.81 bits per heavy atom. The van der Waals surface area contributed by atoms with Crippen molar-refractivity contribution in [3.8, 4) is 0 Å². The van der Waals surface area contributed by atoms with Gasteiger partial charge in [-0.25, -0.2) is 9.97 Å². The van der Waals surface area contributed by atoms with Crippen LogP contribution in [0.5, 0.6) is 0 Å². The van der Waals surface area contributed by atoms with Crippen molar-refractivity contribution >= 4 is 14.3 Å². The molecule has 1 heterocycles. The van der Waals surface area contributed by atoms with Gasteiger partial charge in [0.05, 0.1) is 19.6 Å². The Morgan fingerprint density at radius 3 is 2.29 bits per heavy atom. The molecular weight excluding hydrogens is 284 g/mol. The molecule has 0 spiro atoms. The first-order valence-electron chi connectivity index (χ1n) is 7.25. The minimum Gasteiger partial charge on any atom is -0.466 e. The van der Waals surface area contributed by atoms with Gasteiger partial charge in [0.25, 0.3) is 0 Å². The Morgan fingerprint density at radius 1 is 1.24 bits per heavy atom. The van der Waals surface area contributed by atoms with Crippen LogP contribution >= 0.6 is 0 Å². The lowest BCUT2D eigenvalue weighted by Crippen LogP contribution is -2.40. The molecule has 0 unspecified atom stereocenters. The zero-order valence-electron chi connectivity index (χ0n) is 13.9. The van der Waals surface area contributed by atoms with Crippen LogP contribution < -0.4 is 0 Å². The van der Waals surface area contributed by atoms with Crippen LogP contribution in [0.4, 0.5) is 0 Å². The van der Waals surface area contributed by atoms with Gasteiger partial charge in [0.1, 0.15) is 0 Å². The summed E-state index contributed by atoms with van der Waals surface area (Å²) in [6.45, 7) is 13.6. The zero-order valence-corrected chi connectivity index (χ0v) is 14.9. The number of rotatable bonds is 6. The van der Waals surface area contributed by atoms with Gasteiger partial charge in [0.15, 0.2) is 14.1 Å². The molecule has 0 fully saturated rings. The molecule has 0 saturated heterocycles. The third-order valence-electron chi connectivity index (χ3n) is 3.78. The lowest BCUT2D eigenvalue weighted by atomic mass is 10.2. The molecule has 0 N–H and O–H groups in total. The summed E-state index contributed by atoms with van der Waals surface area (Å²) >= 11 is 0. The molecule has 0 aromatic carbocycles. The van der Waals surface area contributed by atoms with Crippen molar-refractivity contribution in [2.24, 2.45) is 0 Å². The van der Waals surface area contributed by atoms with E-state index in [2.05, 4.69) is 43.8 Å². The van der Waals surface area contributed by atoms with E-state index < -0.39 is 8.32 Å². The van der Waals surface area contributed by atoms with E-state index in [0.29, 0.717) is 19.0 Å². The summed E-state index contributed by atoms with van der Waals surface area (Å²) in [5, 5.41) is 0.164. The number of hydrogen-bond donors (Lipinski definition) is 0.